The zero-order chi connectivity index (χ0) is 26.7. The first-order chi connectivity index (χ1) is 18.5. The quantitative estimate of drug-likeness (QED) is 0.448. The lowest BCUT2D eigenvalue weighted by Gasteiger charge is -2.26. The SMILES string of the molecule is O=C(CCN1CCCCC1)c1ccc(F)cc1.O=C1COc2ccc(C(=O)CCN3CCCCC3)cc2C1. The van der Waals surface area contributed by atoms with E-state index in [1.807, 2.05) is 18.2 Å². The number of nitrogens with zero attached hydrogens (tertiary/aromatic N) is 2. The van der Waals surface area contributed by atoms with Crippen molar-refractivity contribution in [2.24, 2.45) is 0 Å². The van der Waals surface area contributed by atoms with E-state index < -0.39 is 0 Å². The molecule has 2 fully saturated rings. The van der Waals surface area contributed by atoms with Crippen molar-refractivity contribution in [2.45, 2.75) is 57.8 Å². The van der Waals surface area contributed by atoms with Crippen molar-refractivity contribution in [3.63, 3.8) is 0 Å². The molecule has 0 radical (unpaired) electrons. The molecule has 0 atom stereocenters. The monoisotopic (exact) mass is 522 g/mol. The second kappa shape index (κ2) is 14.3. The van der Waals surface area contributed by atoms with Gasteiger partial charge in [-0.3, -0.25) is 14.4 Å². The molecule has 0 N–H and O–H groups in total. The molecule has 2 aromatic carbocycles. The van der Waals surface area contributed by atoms with Crippen LogP contribution in [0.1, 0.15) is 77.6 Å². The van der Waals surface area contributed by atoms with E-state index in [1.165, 1.54) is 50.7 Å². The van der Waals surface area contributed by atoms with Crippen LogP contribution in [0, 0.1) is 5.82 Å². The number of Topliss-reactive ketones (excluding diaryl/α,β-unsaturated/α-hetero) is 3. The molecular weight excluding hydrogens is 483 g/mol. The lowest BCUT2D eigenvalue weighted by Crippen LogP contribution is -2.31. The van der Waals surface area contributed by atoms with Gasteiger partial charge in [0.1, 0.15) is 18.2 Å². The maximum absolute atomic E-state index is 12.7. The first-order valence-electron chi connectivity index (χ1n) is 14.0. The predicted molar refractivity (Wildman–Crippen MR) is 146 cm³/mol. The molecule has 0 unspecified atom stereocenters. The first kappa shape index (κ1) is 28.1. The van der Waals surface area contributed by atoms with Gasteiger partial charge in [0.2, 0.25) is 0 Å². The average Bonchev–Trinajstić information content (AvgIpc) is 2.96. The Morgan fingerprint density at radius 1 is 0.737 bits per heavy atom. The lowest BCUT2D eigenvalue weighted by molar-refractivity contribution is -0.121. The molecule has 0 amide bonds. The van der Waals surface area contributed by atoms with Gasteiger partial charge in [0.05, 0.1) is 0 Å². The summed E-state index contributed by atoms with van der Waals surface area (Å²) in [5, 5.41) is 0. The topological polar surface area (TPSA) is 66.9 Å². The lowest BCUT2D eigenvalue weighted by atomic mass is 9.99. The van der Waals surface area contributed by atoms with Crippen LogP contribution in [0.2, 0.25) is 0 Å². The zero-order valence-corrected chi connectivity index (χ0v) is 22.3. The number of halogens is 1. The largest absolute Gasteiger partial charge is 0.486 e. The van der Waals surface area contributed by atoms with Crippen LogP contribution >= 0.6 is 0 Å². The molecule has 2 saturated heterocycles. The van der Waals surface area contributed by atoms with Gasteiger partial charge in [-0.2, -0.15) is 0 Å². The van der Waals surface area contributed by atoms with E-state index in [-0.39, 0.29) is 29.8 Å². The third-order valence-electron chi connectivity index (χ3n) is 7.53. The Balaban J connectivity index is 0.000000181. The fraction of sp³-hybridized carbons (Fsp3) is 0.516. The minimum absolute atomic E-state index is 0.0698. The molecule has 3 aliphatic rings. The Morgan fingerprint density at radius 2 is 1.26 bits per heavy atom. The van der Waals surface area contributed by atoms with Gasteiger partial charge >= 0.3 is 0 Å². The van der Waals surface area contributed by atoms with Gasteiger partial charge in [-0.05, 0) is 94.3 Å². The summed E-state index contributed by atoms with van der Waals surface area (Å²) in [6, 6.07) is 11.3. The van der Waals surface area contributed by atoms with Crippen LogP contribution < -0.4 is 4.74 Å². The van der Waals surface area contributed by atoms with Crippen LogP contribution in [-0.2, 0) is 11.2 Å². The van der Waals surface area contributed by atoms with Crippen LogP contribution in [0.4, 0.5) is 4.39 Å². The van der Waals surface area contributed by atoms with E-state index in [0.29, 0.717) is 30.4 Å². The molecule has 2 aromatic rings. The van der Waals surface area contributed by atoms with Crippen molar-refractivity contribution in [1.29, 1.82) is 0 Å². The van der Waals surface area contributed by atoms with E-state index in [2.05, 4.69) is 9.80 Å². The molecular formula is C31H39FN2O4. The maximum atomic E-state index is 12.7. The fourth-order valence-electron chi connectivity index (χ4n) is 5.26. The summed E-state index contributed by atoms with van der Waals surface area (Å²) in [6.07, 6.45) is 9.04. The van der Waals surface area contributed by atoms with Gasteiger partial charge < -0.3 is 14.5 Å². The third kappa shape index (κ3) is 8.57. The highest BCUT2D eigenvalue weighted by Gasteiger charge is 2.19. The number of likely N-dealkylation sites (tertiary alicyclic amines) is 2. The second-order valence-corrected chi connectivity index (χ2v) is 10.5. The van der Waals surface area contributed by atoms with Gasteiger partial charge in [-0.1, -0.05) is 12.8 Å². The standard InChI is InChI=1S/C17H21NO3.C14H18FNO/c19-15-11-14-10-13(4-5-17(14)21-12-15)16(20)6-9-18-7-2-1-3-8-18;15-13-6-4-12(5-7-13)14(17)8-11-16-9-2-1-3-10-16/h4-5,10H,1-3,6-9,11-12H2;4-7H,1-3,8-11H2. The minimum Gasteiger partial charge on any atom is -0.486 e. The highest BCUT2D eigenvalue weighted by atomic mass is 19.1. The van der Waals surface area contributed by atoms with Gasteiger partial charge in [0.25, 0.3) is 0 Å². The molecule has 0 bridgehead atoms. The Hall–Kier alpha value is -2.90. The second-order valence-electron chi connectivity index (χ2n) is 10.5. The number of ketones is 3. The van der Waals surface area contributed by atoms with Crippen LogP contribution in [0.3, 0.4) is 0 Å². The van der Waals surface area contributed by atoms with Gasteiger partial charge in [-0.15, -0.1) is 0 Å². The van der Waals surface area contributed by atoms with Crippen LogP contribution in [-0.4, -0.2) is 73.0 Å². The van der Waals surface area contributed by atoms with E-state index in [4.69, 9.17) is 4.74 Å². The summed E-state index contributed by atoms with van der Waals surface area (Å²) in [5.74, 6) is 0.775. The average molecular weight is 523 g/mol. The van der Waals surface area contributed by atoms with Crippen LogP contribution in [0.25, 0.3) is 0 Å². The Morgan fingerprint density at radius 3 is 1.84 bits per heavy atom. The molecule has 6 nitrogen and oxygen atoms in total. The Kier molecular flexibility index (Phi) is 10.6. The molecule has 3 aliphatic heterocycles. The highest BCUT2D eigenvalue weighted by Crippen LogP contribution is 2.25. The third-order valence-corrected chi connectivity index (χ3v) is 7.53. The maximum Gasteiger partial charge on any atom is 0.174 e. The fourth-order valence-corrected chi connectivity index (χ4v) is 5.26. The number of fused-ring (bicyclic) bond motifs is 1. The number of piperidine rings is 2. The number of benzene rings is 2. The summed E-state index contributed by atoms with van der Waals surface area (Å²) in [4.78, 5) is 40.3. The molecule has 204 valence electrons. The molecule has 7 heteroatoms. The van der Waals surface area contributed by atoms with Crippen LogP contribution in [0.15, 0.2) is 42.5 Å². The number of carbonyl (C=O) groups excluding carboxylic acids is 3. The smallest absolute Gasteiger partial charge is 0.174 e. The number of hydrogen-bond donors (Lipinski definition) is 0. The number of carbonyl (C=O) groups is 3. The normalized spacial score (nSPS) is 18.1. The summed E-state index contributed by atoms with van der Waals surface area (Å²) < 4.78 is 18.1. The van der Waals surface area contributed by atoms with E-state index in [9.17, 15) is 18.8 Å². The first-order valence-corrected chi connectivity index (χ1v) is 14.0. The summed E-state index contributed by atoms with van der Waals surface area (Å²) in [7, 11) is 0. The Bertz CT molecular complexity index is 1090. The highest BCUT2D eigenvalue weighted by molar-refractivity contribution is 5.97. The van der Waals surface area contributed by atoms with Crippen molar-refractivity contribution in [3.8, 4) is 5.75 Å². The molecule has 38 heavy (non-hydrogen) atoms. The molecule has 0 aliphatic carbocycles. The molecule has 0 spiro atoms. The van der Waals surface area contributed by atoms with Crippen molar-refractivity contribution in [3.05, 3.63) is 65.0 Å². The number of ether oxygens (including phenoxy) is 1. The minimum atomic E-state index is -0.294. The molecule has 3 heterocycles. The van der Waals surface area contributed by atoms with Crippen molar-refractivity contribution in [2.75, 3.05) is 45.9 Å². The van der Waals surface area contributed by atoms with Crippen molar-refractivity contribution >= 4 is 17.3 Å². The summed E-state index contributed by atoms with van der Waals surface area (Å²) in [5.41, 5.74) is 2.16. The van der Waals surface area contributed by atoms with Crippen molar-refractivity contribution < 1.29 is 23.5 Å². The Labute approximate surface area is 225 Å². The molecule has 0 saturated carbocycles. The van der Waals surface area contributed by atoms with Crippen molar-refractivity contribution in [1.82, 2.24) is 9.80 Å². The van der Waals surface area contributed by atoms with Gasteiger partial charge in [0, 0.05) is 49.0 Å². The number of hydrogen-bond acceptors (Lipinski definition) is 6. The van der Waals surface area contributed by atoms with Gasteiger partial charge in [0.15, 0.2) is 17.3 Å². The summed E-state index contributed by atoms with van der Waals surface area (Å²) in [6.45, 7) is 6.25. The van der Waals surface area contributed by atoms with E-state index in [0.717, 1.165) is 50.6 Å². The zero-order valence-electron chi connectivity index (χ0n) is 22.3. The van der Waals surface area contributed by atoms with Gasteiger partial charge in [-0.25, -0.2) is 4.39 Å². The molecule has 0 aromatic heterocycles. The summed E-state index contributed by atoms with van der Waals surface area (Å²) >= 11 is 0. The molecule has 5 rings (SSSR count). The van der Waals surface area contributed by atoms with Crippen LogP contribution in [0.5, 0.6) is 5.75 Å². The predicted octanol–water partition coefficient (Wildman–Crippen LogP) is 5.13. The number of rotatable bonds is 8. The van der Waals surface area contributed by atoms with E-state index in [1.54, 1.807) is 12.1 Å². The van der Waals surface area contributed by atoms with E-state index >= 15 is 0 Å².